The van der Waals surface area contributed by atoms with Crippen molar-refractivity contribution in [3.63, 3.8) is 0 Å². The maximum Gasteiger partial charge on any atom is 0.408 e. The second-order valence-corrected chi connectivity index (χ2v) is 16.4. The molecule has 1 N–H and O–H groups in total. The summed E-state index contributed by atoms with van der Waals surface area (Å²) < 4.78 is 75.8. The van der Waals surface area contributed by atoms with E-state index in [0.717, 1.165) is 76.0 Å². The number of halogens is 4. The summed E-state index contributed by atoms with van der Waals surface area (Å²) in [5.41, 5.74) is -0.180. The third-order valence-corrected chi connectivity index (χ3v) is 12.9. The fourth-order valence-electron chi connectivity index (χ4n) is 10.5. The van der Waals surface area contributed by atoms with Gasteiger partial charge in [0, 0.05) is 37.2 Å². The van der Waals surface area contributed by atoms with Gasteiger partial charge in [0.15, 0.2) is 17.4 Å². The minimum Gasteiger partial charge on any atom is -0.487 e. The number of alkyl carbamates (subject to hydrolysis) is 1. The van der Waals surface area contributed by atoms with Gasteiger partial charge >= 0.3 is 6.09 Å². The van der Waals surface area contributed by atoms with Crippen molar-refractivity contribution in [1.82, 2.24) is 20.3 Å². The zero-order chi connectivity index (χ0) is 36.1. The first-order valence-corrected chi connectivity index (χ1v) is 19.5. The first-order valence-electron chi connectivity index (χ1n) is 19.5. The molecule has 2 aromatic rings. The van der Waals surface area contributed by atoms with Crippen molar-refractivity contribution in [3.8, 4) is 5.75 Å². The molecule has 2 heterocycles. The fraction of sp³-hybridized carbons (Fsp3) is 0.763. The van der Waals surface area contributed by atoms with E-state index in [1.807, 2.05) is 13.1 Å². The maximum absolute atomic E-state index is 14.2. The summed E-state index contributed by atoms with van der Waals surface area (Å²) in [6.45, 7) is 1.83. The van der Waals surface area contributed by atoms with Gasteiger partial charge in [-0.1, -0.05) is 44.2 Å². The van der Waals surface area contributed by atoms with Crippen molar-refractivity contribution in [2.75, 3.05) is 6.61 Å². The van der Waals surface area contributed by atoms with E-state index in [1.54, 1.807) is 4.68 Å². The second kappa shape index (κ2) is 14.4. The molecule has 286 valence electrons. The largest absolute Gasteiger partial charge is 0.487 e. The van der Waals surface area contributed by atoms with Crippen LogP contribution >= 0.6 is 0 Å². The highest BCUT2D eigenvalue weighted by Gasteiger charge is 2.67. The molecule has 9 rings (SSSR count). The number of rotatable bonds is 11. The highest BCUT2D eigenvalue weighted by molar-refractivity contribution is 5.69. The topological polar surface area (TPSA) is 106 Å². The Labute approximate surface area is 301 Å². The number of hydrogen-bond acceptors (Lipinski definition) is 8. The molecule has 7 aliphatic rings. The molecule has 1 aromatic carbocycles. The van der Waals surface area contributed by atoms with E-state index in [4.69, 9.17) is 24.0 Å². The molecule has 6 aliphatic carbocycles. The van der Waals surface area contributed by atoms with E-state index in [-0.39, 0.29) is 25.1 Å². The Balaban J connectivity index is 0.922. The van der Waals surface area contributed by atoms with Gasteiger partial charge in [-0.25, -0.2) is 18.3 Å². The van der Waals surface area contributed by atoms with Crippen LogP contribution in [0.2, 0.25) is 0 Å². The molecule has 52 heavy (non-hydrogen) atoms. The standard InChI is InChI=1S/C38H50F4N4O6/c1-2-3-8-27(10-14-48-34-32(41)29(39)20-30(40)33(34)42)46-22-31(44-45-46)36(11-5-4-6-12-36)43-35(47)49-28-9-7-13-37(21-28)50-38(52-51-37)25-16-23-15-24(18-25)19-26(38)17-23/h20,22-28H,2-19,21H2,1H3,(H,43,47). The molecule has 0 radical (unpaired) electrons. The predicted octanol–water partition coefficient (Wildman–Crippen LogP) is 8.69. The fourth-order valence-corrected chi connectivity index (χ4v) is 10.5. The number of ether oxygens (including phenoxy) is 3. The number of amides is 1. The SMILES string of the molecule is CCCCC(CCOc1c(F)c(F)cc(F)c1F)n1cc(C2(NC(=O)OC3CCCC4(C3)OOC3(O4)C4CC5CC(C4)CC3C5)CCCCC2)nn1. The molecular weight excluding hydrogens is 684 g/mol. The van der Waals surface area contributed by atoms with Crippen LogP contribution in [0.15, 0.2) is 12.3 Å². The summed E-state index contributed by atoms with van der Waals surface area (Å²) in [5.74, 6) is -6.63. The van der Waals surface area contributed by atoms with Crippen molar-refractivity contribution < 1.29 is 46.3 Å². The highest BCUT2D eigenvalue weighted by atomic mass is 19.2. The predicted molar refractivity (Wildman–Crippen MR) is 177 cm³/mol. The molecular formula is C38H50F4N4O6. The lowest BCUT2D eigenvalue weighted by Crippen LogP contribution is -2.59. The van der Waals surface area contributed by atoms with Crippen LogP contribution in [0, 0.1) is 46.9 Å². The van der Waals surface area contributed by atoms with Gasteiger partial charge in [0.05, 0.1) is 24.4 Å². The van der Waals surface area contributed by atoms with Crippen molar-refractivity contribution in [2.45, 2.75) is 152 Å². The number of hydrogen-bond donors (Lipinski definition) is 1. The van der Waals surface area contributed by atoms with E-state index in [9.17, 15) is 22.4 Å². The third kappa shape index (κ3) is 6.69. The summed E-state index contributed by atoms with van der Waals surface area (Å²) in [6, 6.07) is -0.122. The van der Waals surface area contributed by atoms with Crippen LogP contribution in [-0.2, 0) is 24.8 Å². The number of unbranched alkanes of at least 4 members (excludes halogenated alkanes) is 1. The number of aromatic nitrogens is 3. The van der Waals surface area contributed by atoms with Crippen LogP contribution in [0.25, 0.3) is 0 Å². The number of nitrogens with zero attached hydrogens (tertiary/aromatic N) is 3. The second-order valence-electron chi connectivity index (χ2n) is 16.4. The molecule has 4 bridgehead atoms. The summed E-state index contributed by atoms with van der Waals surface area (Å²) in [7, 11) is 0. The molecule has 2 spiro atoms. The number of benzene rings is 1. The van der Waals surface area contributed by atoms with Gasteiger partial charge in [-0.2, -0.15) is 18.6 Å². The molecule has 1 aromatic heterocycles. The first-order chi connectivity index (χ1) is 25.1. The van der Waals surface area contributed by atoms with Gasteiger partial charge in [-0.05, 0) is 76.0 Å². The molecule has 3 unspecified atom stereocenters. The molecule has 14 heteroatoms. The van der Waals surface area contributed by atoms with Crippen LogP contribution in [0.4, 0.5) is 22.4 Å². The van der Waals surface area contributed by atoms with Crippen molar-refractivity contribution in [3.05, 3.63) is 41.2 Å². The lowest BCUT2D eigenvalue weighted by molar-refractivity contribution is -0.390. The van der Waals surface area contributed by atoms with E-state index in [1.165, 1.54) is 6.42 Å². The Morgan fingerprint density at radius 3 is 2.37 bits per heavy atom. The molecule has 1 aliphatic heterocycles. The molecule has 6 saturated carbocycles. The van der Waals surface area contributed by atoms with Crippen LogP contribution in [0.1, 0.15) is 134 Å². The van der Waals surface area contributed by atoms with Crippen LogP contribution < -0.4 is 10.1 Å². The molecule has 3 atom stereocenters. The normalized spacial score (nSPS) is 33.8. The minimum absolute atomic E-state index is 0.153. The van der Waals surface area contributed by atoms with Gasteiger partial charge in [0.1, 0.15) is 11.8 Å². The van der Waals surface area contributed by atoms with Crippen LogP contribution in [0.5, 0.6) is 5.75 Å². The minimum atomic E-state index is -1.57. The summed E-state index contributed by atoms with van der Waals surface area (Å²) >= 11 is 0. The molecule has 1 saturated heterocycles. The Morgan fingerprint density at radius 2 is 1.67 bits per heavy atom. The average molecular weight is 735 g/mol. The molecule has 7 fully saturated rings. The van der Waals surface area contributed by atoms with Crippen molar-refractivity contribution in [2.24, 2.45) is 23.7 Å². The summed E-state index contributed by atoms with van der Waals surface area (Å²) in [4.78, 5) is 26.0. The van der Waals surface area contributed by atoms with Gasteiger partial charge in [-0.3, -0.25) is 0 Å². The molecule has 1 amide bonds. The average Bonchev–Trinajstić information content (AvgIpc) is 3.76. The lowest BCUT2D eigenvalue weighted by Gasteiger charge is -2.57. The van der Waals surface area contributed by atoms with Gasteiger partial charge < -0.3 is 19.5 Å². The van der Waals surface area contributed by atoms with Gasteiger partial charge in [-0.15, -0.1) is 5.10 Å². The van der Waals surface area contributed by atoms with Crippen LogP contribution in [-0.4, -0.2) is 45.4 Å². The Morgan fingerprint density at radius 1 is 0.962 bits per heavy atom. The van der Waals surface area contributed by atoms with Gasteiger partial charge in [0.25, 0.3) is 0 Å². The monoisotopic (exact) mass is 734 g/mol. The number of carbonyl (C=O) groups is 1. The number of nitrogens with one attached hydrogen (secondary N) is 1. The first kappa shape index (κ1) is 36.0. The van der Waals surface area contributed by atoms with E-state index in [2.05, 4.69) is 15.6 Å². The van der Waals surface area contributed by atoms with Gasteiger partial charge in [0.2, 0.25) is 23.2 Å². The maximum atomic E-state index is 14.2. The smallest absolute Gasteiger partial charge is 0.408 e. The lowest BCUT2D eigenvalue weighted by atomic mass is 9.53. The summed E-state index contributed by atoms with van der Waals surface area (Å²) in [5, 5.41) is 12.1. The zero-order valence-corrected chi connectivity index (χ0v) is 29.9. The number of carbonyl (C=O) groups excluding carboxylic acids is 1. The zero-order valence-electron chi connectivity index (χ0n) is 29.9. The third-order valence-electron chi connectivity index (χ3n) is 12.9. The van der Waals surface area contributed by atoms with Crippen molar-refractivity contribution >= 4 is 6.09 Å². The van der Waals surface area contributed by atoms with E-state index in [0.29, 0.717) is 56.1 Å². The van der Waals surface area contributed by atoms with E-state index >= 15 is 0 Å². The Hall–Kier alpha value is -2.97. The quantitative estimate of drug-likeness (QED) is 0.139. The van der Waals surface area contributed by atoms with Crippen molar-refractivity contribution in [1.29, 1.82) is 0 Å². The molecule has 10 nitrogen and oxygen atoms in total. The Kier molecular flexibility index (Phi) is 9.95. The van der Waals surface area contributed by atoms with E-state index < -0.39 is 58.3 Å². The van der Waals surface area contributed by atoms with Crippen LogP contribution in [0.3, 0.4) is 0 Å². The highest BCUT2D eigenvalue weighted by Crippen LogP contribution is 2.63. The summed E-state index contributed by atoms with van der Waals surface area (Å²) in [6.07, 6.45) is 16.1. The Bertz CT molecular complexity index is 1570.